The van der Waals surface area contributed by atoms with E-state index >= 15 is 4.39 Å². The molecule has 2 aliphatic carbocycles. The molecule has 50 heavy (non-hydrogen) atoms. The molecule has 1 aromatic heterocycles. The highest BCUT2D eigenvalue weighted by atomic mass is 19.1. The van der Waals surface area contributed by atoms with Gasteiger partial charge in [0.15, 0.2) is 11.6 Å². The minimum atomic E-state index is -1.28. The molecule has 6 rings (SSSR count). The largest absolute Gasteiger partial charge is 0.495 e. The van der Waals surface area contributed by atoms with E-state index in [9.17, 15) is 18.8 Å². The average molecular weight is 690 g/mol. The van der Waals surface area contributed by atoms with E-state index in [0.29, 0.717) is 42.3 Å². The first-order chi connectivity index (χ1) is 24.1. The highest BCUT2D eigenvalue weighted by Crippen LogP contribution is 2.48. The van der Waals surface area contributed by atoms with Crippen molar-refractivity contribution in [2.24, 2.45) is 5.41 Å². The van der Waals surface area contributed by atoms with Gasteiger partial charge in [-0.1, -0.05) is 6.92 Å². The first-order valence-electron chi connectivity index (χ1n) is 16.8. The normalized spacial score (nSPS) is 19.5. The number of hydrogen-bond acceptors (Lipinski definition) is 8. The molecule has 2 N–H and O–H groups in total. The van der Waals surface area contributed by atoms with Crippen molar-refractivity contribution in [1.82, 2.24) is 14.8 Å². The average Bonchev–Trinajstić information content (AvgIpc) is 3.92. The number of halogens is 2. The number of nitrogens with zero attached hydrogens (tertiary/aromatic N) is 3. The van der Waals surface area contributed by atoms with Gasteiger partial charge in [-0.3, -0.25) is 24.3 Å². The van der Waals surface area contributed by atoms with Crippen LogP contribution in [0.15, 0.2) is 60.5 Å². The number of aromatic nitrogens is 1. The molecule has 2 aromatic carbocycles. The van der Waals surface area contributed by atoms with Gasteiger partial charge in [0, 0.05) is 88.0 Å². The number of anilines is 2. The third-order valence-corrected chi connectivity index (χ3v) is 9.54. The number of nitrogens with one attached hydrogen (secondary N) is 2. The van der Waals surface area contributed by atoms with Gasteiger partial charge in [0.1, 0.15) is 28.8 Å². The first-order valence-corrected chi connectivity index (χ1v) is 16.8. The van der Waals surface area contributed by atoms with E-state index in [2.05, 4.69) is 20.5 Å². The summed E-state index contributed by atoms with van der Waals surface area (Å²) in [4.78, 5) is 46.3. The minimum absolute atomic E-state index is 0.0529. The number of carbonyl (C=O) groups is 3. The molecular weight excluding hydrogens is 648 g/mol. The highest BCUT2D eigenvalue weighted by Gasteiger charge is 2.56. The molecule has 2 fully saturated rings. The summed E-state index contributed by atoms with van der Waals surface area (Å²) in [7, 11) is 1.61. The number of methoxy groups -OCH3 is 1. The van der Waals surface area contributed by atoms with Crippen molar-refractivity contribution in [2.45, 2.75) is 45.1 Å². The molecular formula is C37H41F2N5O6. The van der Waals surface area contributed by atoms with Crippen LogP contribution < -0.4 is 15.4 Å². The molecule has 0 radical (unpaired) electrons. The second kappa shape index (κ2) is 14.9. The Bertz CT molecular complexity index is 1770. The molecule has 1 saturated heterocycles. The lowest BCUT2D eigenvalue weighted by molar-refractivity contribution is -0.132. The van der Waals surface area contributed by atoms with Crippen LogP contribution in [0.4, 0.5) is 20.2 Å². The van der Waals surface area contributed by atoms with Gasteiger partial charge in [0.25, 0.3) is 0 Å². The lowest BCUT2D eigenvalue weighted by atomic mass is 9.87. The maximum absolute atomic E-state index is 15.4. The summed E-state index contributed by atoms with van der Waals surface area (Å²) in [5.41, 5.74) is 0.646. The molecule has 3 aliphatic rings. The van der Waals surface area contributed by atoms with Crippen LogP contribution in [0, 0.1) is 17.0 Å². The maximum Gasteiger partial charge on any atom is 0.240 e. The van der Waals surface area contributed by atoms with Gasteiger partial charge in [-0.2, -0.15) is 0 Å². The van der Waals surface area contributed by atoms with Crippen molar-refractivity contribution in [3.8, 4) is 11.5 Å². The molecule has 0 spiro atoms. The summed E-state index contributed by atoms with van der Waals surface area (Å²) in [5.74, 6) is -1.30. The van der Waals surface area contributed by atoms with Crippen LogP contribution in [-0.4, -0.2) is 85.0 Å². The van der Waals surface area contributed by atoms with Gasteiger partial charge < -0.3 is 29.7 Å². The SMILES string of the molecule is COC1C(OCCCN2CCN(C(C)=O)CC2)=Cc2nccc(Oc3ccc(NC(=O)C4(C(=O)Nc5ccc(F)cc5)CC4)cc3F)c2C1C. The second-order valence-corrected chi connectivity index (χ2v) is 12.9. The minimum Gasteiger partial charge on any atom is -0.495 e. The first kappa shape index (κ1) is 35.0. The highest BCUT2D eigenvalue weighted by molar-refractivity contribution is 6.16. The van der Waals surface area contributed by atoms with Crippen LogP contribution in [0.3, 0.4) is 0 Å². The van der Waals surface area contributed by atoms with Gasteiger partial charge in [0.2, 0.25) is 17.7 Å². The molecule has 264 valence electrons. The Labute approximate surface area is 289 Å². The van der Waals surface area contributed by atoms with Crippen molar-refractivity contribution in [2.75, 3.05) is 57.1 Å². The predicted molar refractivity (Wildman–Crippen MR) is 182 cm³/mol. The van der Waals surface area contributed by atoms with Crippen LogP contribution in [0.25, 0.3) is 6.08 Å². The van der Waals surface area contributed by atoms with Gasteiger partial charge in [-0.15, -0.1) is 0 Å². The second-order valence-electron chi connectivity index (χ2n) is 12.9. The molecule has 11 nitrogen and oxygen atoms in total. The van der Waals surface area contributed by atoms with Crippen molar-refractivity contribution < 1.29 is 37.4 Å². The van der Waals surface area contributed by atoms with E-state index in [1.54, 1.807) is 26.3 Å². The fourth-order valence-electron chi connectivity index (χ4n) is 6.45. The Morgan fingerprint density at radius 3 is 2.26 bits per heavy atom. The number of hydrogen-bond donors (Lipinski definition) is 2. The monoisotopic (exact) mass is 689 g/mol. The number of pyridine rings is 1. The number of rotatable bonds is 12. The fourth-order valence-corrected chi connectivity index (χ4v) is 6.45. The van der Waals surface area contributed by atoms with Crippen LogP contribution in [0.2, 0.25) is 0 Å². The van der Waals surface area contributed by atoms with E-state index in [0.717, 1.165) is 50.8 Å². The quantitative estimate of drug-likeness (QED) is 0.188. The summed E-state index contributed by atoms with van der Waals surface area (Å²) in [6, 6.07) is 11.0. The van der Waals surface area contributed by atoms with Crippen molar-refractivity contribution in [3.05, 3.63) is 83.4 Å². The summed E-state index contributed by atoms with van der Waals surface area (Å²) in [6.45, 7) is 8.10. The molecule has 2 unspecified atom stereocenters. The molecule has 1 aliphatic heterocycles. The van der Waals surface area contributed by atoms with Crippen molar-refractivity contribution in [1.29, 1.82) is 0 Å². The lowest BCUT2D eigenvalue weighted by Gasteiger charge is -2.34. The topological polar surface area (TPSA) is 122 Å². The van der Waals surface area contributed by atoms with Gasteiger partial charge in [-0.25, -0.2) is 8.78 Å². The third kappa shape index (κ3) is 7.63. The molecule has 13 heteroatoms. The molecule has 2 heterocycles. The summed E-state index contributed by atoms with van der Waals surface area (Å²) < 4.78 is 46.7. The van der Waals surface area contributed by atoms with Crippen molar-refractivity contribution in [3.63, 3.8) is 0 Å². The number of amides is 3. The Hall–Kier alpha value is -4.88. The summed E-state index contributed by atoms with van der Waals surface area (Å²) in [6.07, 6.45) is 4.49. The molecule has 3 aromatic rings. The molecule has 2 atom stereocenters. The fraction of sp³-hybridized carbons (Fsp3) is 0.405. The molecule has 1 saturated carbocycles. The predicted octanol–water partition coefficient (Wildman–Crippen LogP) is 5.55. The van der Waals surface area contributed by atoms with Crippen LogP contribution >= 0.6 is 0 Å². The molecule has 0 bridgehead atoms. The zero-order valence-corrected chi connectivity index (χ0v) is 28.3. The van der Waals surface area contributed by atoms with E-state index in [-0.39, 0.29) is 23.3 Å². The number of fused-ring (bicyclic) bond motifs is 1. The maximum atomic E-state index is 15.4. The Balaban J connectivity index is 1.07. The Morgan fingerprint density at radius 1 is 0.940 bits per heavy atom. The van der Waals surface area contributed by atoms with Gasteiger partial charge in [-0.05, 0) is 61.7 Å². The summed E-state index contributed by atoms with van der Waals surface area (Å²) in [5, 5.41) is 5.31. The summed E-state index contributed by atoms with van der Waals surface area (Å²) >= 11 is 0. The number of carbonyl (C=O) groups excluding carboxylic acids is 3. The van der Waals surface area contributed by atoms with Crippen LogP contribution in [-0.2, 0) is 23.9 Å². The zero-order valence-electron chi connectivity index (χ0n) is 28.3. The van der Waals surface area contributed by atoms with E-state index in [1.165, 1.54) is 36.4 Å². The van der Waals surface area contributed by atoms with Crippen molar-refractivity contribution >= 4 is 35.2 Å². The molecule has 3 amide bonds. The number of piperazine rings is 1. The van der Waals surface area contributed by atoms with Gasteiger partial charge in [0.05, 0.1) is 12.3 Å². The third-order valence-electron chi connectivity index (χ3n) is 9.54. The zero-order chi connectivity index (χ0) is 35.4. The number of ether oxygens (including phenoxy) is 3. The number of benzene rings is 2. The van der Waals surface area contributed by atoms with E-state index in [1.807, 2.05) is 17.9 Å². The Kier molecular flexibility index (Phi) is 10.4. The van der Waals surface area contributed by atoms with E-state index < -0.39 is 35.0 Å². The Morgan fingerprint density at radius 2 is 1.62 bits per heavy atom. The van der Waals surface area contributed by atoms with Gasteiger partial charge >= 0.3 is 0 Å². The smallest absolute Gasteiger partial charge is 0.240 e. The standard InChI is InChI=1S/C37H41F2N5O6/c1-23-33-29(22-32(34(23)48-3)49-20-4-15-43-16-18-44(19-17-43)24(2)45)40-14-11-31(33)50-30-10-9-27(21-28(30)39)42-36(47)37(12-13-37)35(46)41-26-7-5-25(38)6-8-26/h5-11,14,21-23,34H,4,12-13,15-20H2,1-3H3,(H,41,46)(H,42,47). The van der Waals surface area contributed by atoms with Crippen LogP contribution in [0.5, 0.6) is 11.5 Å². The van der Waals surface area contributed by atoms with E-state index in [4.69, 9.17) is 14.2 Å². The van der Waals surface area contributed by atoms with Crippen LogP contribution in [0.1, 0.15) is 50.3 Å². The lowest BCUT2D eigenvalue weighted by Crippen LogP contribution is -2.48.